The van der Waals surface area contributed by atoms with Crippen LogP contribution in [0.15, 0.2) is 0 Å². The molecule has 0 fully saturated rings. The molecule has 17 nitrogen and oxygen atoms in total. The molecule has 0 bridgehead atoms. The zero-order valence-electron chi connectivity index (χ0n) is 59.5. The van der Waals surface area contributed by atoms with Gasteiger partial charge in [0.1, 0.15) is 19.3 Å². The van der Waals surface area contributed by atoms with Crippen LogP contribution in [0, 0.1) is 23.7 Å². The predicted molar refractivity (Wildman–Crippen MR) is 367 cm³/mol. The maximum Gasteiger partial charge on any atom is 0.472 e. The monoisotopic (exact) mass is 1340 g/mol. The Balaban J connectivity index is 5.21. The van der Waals surface area contributed by atoms with Crippen LogP contribution >= 0.6 is 15.6 Å². The van der Waals surface area contributed by atoms with Crippen molar-refractivity contribution in [3.05, 3.63) is 0 Å². The molecular formula is C72H140O17P2. The molecule has 540 valence electrons. The summed E-state index contributed by atoms with van der Waals surface area (Å²) in [6.45, 7) is 14.1. The standard InChI is InChI=1S/C72H140O17P2/c1-62(2)48-40-32-24-18-14-12-10-9-11-13-15-20-28-36-44-52-69(74)82-58-67(88-71(76)54-46-38-29-21-17-16-19-25-33-41-49-63(3)4)60-86-90(78,79)84-56-66(73)57-85-91(80,81)87-61-68(89-72(77)55-47-39-31-23-27-35-43-51-65(7)8)59-83-70(75)53-45-37-30-22-26-34-42-50-64(5)6/h62-68,73H,9-61H2,1-8H3,(H,78,79)(H,80,81)/t66?,67-,68-/m1/s1. The van der Waals surface area contributed by atoms with Gasteiger partial charge in [-0.2, -0.15) is 0 Å². The van der Waals surface area contributed by atoms with E-state index in [0.717, 1.165) is 108 Å². The van der Waals surface area contributed by atoms with Crippen LogP contribution in [0.4, 0.5) is 0 Å². The molecule has 0 saturated heterocycles. The van der Waals surface area contributed by atoms with Gasteiger partial charge in [0.05, 0.1) is 26.4 Å². The fourth-order valence-electron chi connectivity index (χ4n) is 10.8. The molecule has 0 aromatic rings. The maximum absolute atomic E-state index is 13.0. The van der Waals surface area contributed by atoms with E-state index in [-0.39, 0.29) is 25.7 Å². The fraction of sp³-hybridized carbons (Fsp3) is 0.944. The fourth-order valence-corrected chi connectivity index (χ4v) is 12.4. The molecule has 0 aliphatic heterocycles. The van der Waals surface area contributed by atoms with Crippen molar-refractivity contribution in [3.63, 3.8) is 0 Å². The summed E-state index contributed by atoms with van der Waals surface area (Å²) in [5.41, 5.74) is 0. The third-order valence-electron chi connectivity index (χ3n) is 16.6. The average molecular weight is 1340 g/mol. The van der Waals surface area contributed by atoms with Gasteiger partial charge in [-0.1, -0.05) is 306 Å². The Labute approximate surface area is 556 Å². The van der Waals surface area contributed by atoms with E-state index in [0.29, 0.717) is 37.5 Å². The summed E-state index contributed by atoms with van der Waals surface area (Å²) in [7, 11) is -9.90. The largest absolute Gasteiger partial charge is 0.472 e. The Hall–Kier alpha value is -1.94. The lowest BCUT2D eigenvalue weighted by Crippen LogP contribution is -2.30. The van der Waals surface area contributed by atoms with Crippen molar-refractivity contribution in [2.75, 3.05) is 39.6 Å². The van der Waals surface area contributed by atoms with Crippen molar-refractivity contribution in [1.29, 1.82) is 0 Å². The van der Waals surface area contributed by atoms with Crippen LogP contribution in [0.1, 0.15) is 357 Å². The number of carbonyl (C=O) groups is 4. The first kappa shape index (κ1) is 89.1. The van der Waals surface area contributed by atoms with Gasteiger partial charge < -0.3 is 33.8 Å². The number of hydrogen-bond acceptors (Lipinski definition) is 15. The van der Waals surface area contributed by atoms with Crippen molar-refractivity contribution < 1.29 is 80.2 Å². The van der Waals surface area contributed by atoms with E-state index < -0.39 is 97.5 Å². The number of hydrogen-bond donors (Lipinski definition) is 3. The molecule has 0 aliphatic carbocycles. The highest BCUT2D eigenvalue weighted by Gasteiger charge is 2.30. The highest BCUT2D eigenvalue weighted by atomic mass is 31.2. The molecule has 0 heterocycles. The van der Waals surface area contributed by atoms with Gasteiger partial charge in [-0.05, 0) is 49.4 Å². The minimum Gasteiger partial charge on any atom is -0.462 e. The zero-order chi connectivity index (χ0) is 67.5. The molecule has 3 unspecified atom stereocenters. The number of aliphatic hydroxyl groups is 1. The third kappa shape index (κ3) is 66.5. The molecule has 0 aromatic heterocycles. The van der Waals surface area contributed by atoms with E-state index in [1.807, 2.05) is 0 Å². The number of unbranched alkanes of at least 4 members (excludes halogenated alkanes) is 35. The Bertz CT molecular complexity index is 1800. The van der Waals surface area contributed by atoms with Crippen molar-refractivity contribution in [2.24, 2.45) is 23.7 Å². The van der Waals surface area contributed by atoms with Crippen LogP contribution in [-0.2, 0) is 65.4 Å². The highest BCUT2D eigenvalue weighted by molar-refractivity contribution is 7.47. The summed E-state index contributed by atoms with van der Waals surface area (Å²) in [5.74, 6) is 0.829. The first-order valence-corrected chi connectivity index (χ1v) is 40.2. The molecule has 91 heavy (non-hydrogen) atoms. The SMILES string of the molecule is CC(C)CCCCCCCCCCCCCCCCCC(=O)OC[C@H](COP(=O)(O)OCC(O)COP(=O)(O)OC[C@@H](COC(=O)CCCCCCCCCC(C)C)OC(=O)CCCCCCCCCC(C)C)OC(=O)CCCCCCCCCCCCC(C)C. The summed E-state index contributed by atoms with van der Waals surface area (Å²) in [6.07, 6.45) is 44.7. The van der Waals surface area contributed by atoms with Crippen LogP contribution in [0.3, 0.4) is 0 Å². The van der Waals surface area contributed by atoms with E-state index in [1.54, 1.807) is 0 Å². The summed E-state index contributed by atoms with van der Waals surface area (Å²) in [6, 6.07) is 0. The Morgan fingerprint density at radius 3 is 0.681 bits per heavy atom. The van der Waals surface area contributed by atoms with Gasteiger partial charge in [0.2, 0.25) is 0 Å². The Morgan fingerprint density at radius 2 is 0.462 bits per heavy atom. The Morgan fingerprint density at radius 1 is 0.275 bits per heavy atom. The molecule has 3 N–H and O–H groups in total. The van der Waals surface area contributed by atoms with E-state index >= 15 is 0 Å². The smallest absolute Gasteiger partial charge is 0.462 e. The number of phosphoric ester groups is 2. The molecule has 19 heteroatoms. The molecule has 0 saturated carbocycles. The highest BCUT2D eigenvalue weighted by Crippen LogP contribution is 2.45. The molecule has 0 rings (SSSR count). The number of esters is 4. The second-order valence-corrected chi connectivity index (χ2v) is 30.8. The van der Waals surface area contributed by atoms with Crippen LogP contribution in [0.5, 0.6) is 0 Å². The molecule has 0 amide bonds. The molecule has 0 aromatic carbocycles. The predicted octanol–water partition coefficient (Wildman–Crippen LogP) is 20.5. The number of ether oxygens (including phenoxy) is 4. The second kappa shape index (κ2) is 61.6. The number of rotatable bonds is 69. The molecular weight excluding hydrogens is 1200 g/mol. The summed E-state index contributed by atoms with van der Waals surface area (Å²) in [4.78, 5) is 72.6. The topological polar surface area (TPSA) is 237 Å². The second-order valence-electron chi connectivity index (χ2n) is 27.9. The summed E-state index contributed by atoms with van der Waals surface area (Å²) < 4.78 is 68.3. The molecule has 5 atom stereocenters. The normalized spacial score (nSPS) is 14.2. The van der Waals surface area contributed by atoms with Crippen LogP contribution in [0.2, 0.25) is 0 Å². The van der Waals surface area contributed by atoms with E-state index in [1.165, 1.54) is 154 Å². The van der Waals surface area contributed by atoms with E-state index in [9.17, 15) is 43.2 Å². The third-order valence-corrected chi connectivity index (χ3v) is 18.5. The lowest BCUT2D eigenvalue weighted by molar-refractivity contribution is -0.161. The van der Waals surface area contributed by atoms with Crippen LogP contribution in [0.25, 0.3) is 0 Å². The zero-order valence-corrected chi connectivity index (χ0v) is 61.3. The molecule has 0 radical (unpaired) electrons. The number of aliphatic hydroxyl groups excluding tert-OH is 1. The van der Waals surface area contributed by atoms with Gasteiger partial charge in [0.25, 0.3) is 0 Å². The summed E-state index contributed by atoms with van der Waals surface area (Å²) >= 11 is 0. The minimum atomic E-state index is -4.95. The molecule has 0 aliphatic rings. The van der Waals surface area contributed by atoms with Crippen LogP contribution in [-0.4, -0.2) is 96.7 Å². The van der Waals surface area contributed by atoms with Gasteiger partial charge in [-0.15, -0.1) is 0 Å². The van der Waals surface area contributed by atoms with E-state index in [2.05, 4.69) is 55.4 Å². The maximum atomic E-state index is 13.0. The summed E-state index contributed by atoms with van der Waals surface area (Å²) in [5, 5.41) is 10.6. The van der Waals surface area contributed by atoms with Gasteiger partial charge >= 0.3 is 39.5 Å². The van der Waals surface area contributed by atoms with Gasteiger partial charge in [0, 0.05) is 25.7 Å². The lowest BCUT2D eigenvalue weighted by atomic mass is 10.0. The van der Waals surface area contributed by atoms with Gasteiger partial charge in [-0.3, -0.25) is 37.3 Å². The first-order valence-electron chi connectivity index (χ1n) is 37.2. The van der Waals surface area contributed by atoms with Crippen molar-refractivity contribution in [3.8, 4) is 0 Å². The Kier molecular flexibility index (Phi) is 60.3. The van der Waals surface area contributed by atoms with Crippen molar-refractivity contribution >= 4 is 39.5 Å². The molecule has 0 spiro atoms. The van der Waals surface area contributed by atoms with Crippen molar-refractivity contribution in [2.45, 2.75) is 375 Å². The first-order chi connectivity index (χ1) is 43.6. The number of phosphoric acid groups is 2. The number of carbonyl (C=O) groups excluding carboxylic acids is 4. The minimum absolute atomic E-state index is 0.102. The quantitative estimate of drug-likeness (QED) is 0.0222. The van der Waals surface area contributed by atoms with E-state index in [4.69, 9.17) is 37.0 Å². The van der Waals surface area contributed by atoms with Gasteiger partial charge in [0.15, 0.2) is 12.2 Å². The lowest BCUT2D eigenvalue weighted by Gasteiger charge is -2.21. The van der Waals surface area contributed by atoms with Gasteiger partial charge in [-0.25, -0.2) is 9.13 Å². The average Bonchev–Trinajstić information content (AvgIpc) is 3.07. The van der Waals surface area contributed by atoms with Crippen molar-refractivity contribution in [1.82, 2.24) is 0 Å². The van der Waals surface area contributed by atoms with Crippen LogP contribution < -0.4 is 0 Å².